The number of nitrogens with one attached hydrogen (secondary N) is 1. The molecule has 1 aliphatic heterocycles. The van der Waals surface area contributed by atoms with Crippen LogP contribution in [0, 0.1) is 0 Å². The normalized spacial score (nSPS) is 15.3. The molecule has 4 rings (SSSR count). The van der Waals surface area contributed by atoms with Gasteiger partial charge in [0.15, 0.2) is 0 Å². The zero-order valence-electron chi connectivity index (χ0n) is 14.0. The molecule has 8 heteroatoms. The van der Waals surface area contributed by atoms with Crippen molar-refractivity contribution in [2.24, 2.45) is 0 Å². The number of thiophene rings is 1. The minimum atomic E-state index is -0.0105. The van der Waals surface area contributed by atoms with Gasteiger partial charge in [0.05, 0.1) is 16.3 Å². The molecule has 5 nitrogen and oxygen atoms in total. The topological polar surface area (TPSA) is 54.5 Å². The summed E-state index contributed by atoms with van der Waals surface area (Å²) >= 11 is 9.33. The Morgan fingerprint density at radius 2 is 2.15 bits per heavy atom. The van der Waals surface area contributed by atoms with Crippen molar-refractivity contribution in [1.29, 1.82) is 0 Å². The molecule has 1 aromatic carbocycles. The molecule has 2 aromatic heterocycles. The van der Waals surface area contributed by atoms with Crippen molar-refractivity contribution in [2.45, 2.75) is 25.5 Å². The fourth-order valence-electron chi connectivity index (χ4n) is 2.95. The van der Waals surface area contributed by atoms with Gasteiger partial charge in [-0.05, 0) is 23.6 Å². The predicted molar refractivity (Wildman–Crippen MR) is 106 cm³/mol. The number of ether oxygens (including phenoxy) is 1. The van der Waals surface area contributed by atoms with Gasteiger partial charge in [0.25, 0.3) is 5.19 Å². The molecule has 0 radical (unpaired) electrons. The van der Waals surface area contributed by atoms with Crippen LogP contribution in [0.3, 0.4) is 0 Å². The third kappa shape index (κ3) is 3.95. The van der Waals surface area contributed by atoms with Gasteiger partial charge in [0.1, 0.15) is 11.6 Å². The summed E-state index contributed by atoms with van der Waals surface area (Å²) in [6, 6.07) is 9.75. The van der Waals surface area contributed by atoms with Crippen LogP contribution >= 0.6 is 34.3 Å². The number of amides is 2. The maximum atomic E-state index is 12.3. The molecule has 0 bridgehead atoms. The quantitative estimate of drug-likeness (QED) is 0.678. The number of rotatable bonds is 4. The highest BCUT2D eigenvalue weighted by Crippen LogP contribution is 2.33. The van der Waals surface area contributed by atoms with E-state index in [2.05, 4.69) is 10.3 Å². The second-order valence-electron chi connectivity index (χ2n) is 6.11. The number of para-hydroxylation sites is 1. The van der Waals surface area contributed by atoms with E-state index in [-0.39, 0.29) is 12.1 Å². The summed E-state index contributed by atoms with van der Waals surface area (Å²) in [5.74, 6) is 0. The zero-order valence-corrected chi connectivity index (χ0v) is 16.4. The summed E-state index contributed by atoms with van der Waals surface area (Å²) in [4.78, 5) is 19.8. The lowest BCUT2D eigenvalue weighted by Gasteiger charge is -2.31. The zero-order chi connectivity index (χ0) is 17.9. The lowest BCUT2D eigenvalue weighted by molar-refractivity contribution is 0.111. The van der Waals surface area contributed by atoms with Gasteiger partial charge in [-0.1, -0.05) is 35.1 Å². The summed E-state index contributed by atoms with van der Waals surface area (Å²) in [6.45, 7) is 1.96. The highest BCUT2D eigenvalue weighted by atomic mass is 35.5. The number of urea groups is 1. The van der Waals surface area contributed by atoms with Gasteiger partial charge >= 0.3 is 6.03 Å². The molecule has 1 N–H and O–H groups in total. The van der Waals surface area contributed by atoms with Crippen LogP contribution in [0.1, 0.15) is 17.7 Å². The summed E-state index contributed by atoms with van der Waals surface area (Å²) in [5.41, 5.74) is 0.791. The van der Waals surface area contributed by atoms with Crippen LogP contribution < -0.4 is 10.1 Å². The Balaban J connectivity index is 1.29. The van der Waals surface area contributed by atoms with E-state index in [1.807, 2.05) is 40.6 Å². The van der Waals surface area contributed by atoms with E-state index < -0.39 is 0 Å². The molecule has 3 aromatic rings. The molecule has 3 heterocycles. The highest BCUT2D eigenvalue weighted by Gasteiger charge is 2.24. The van der Waals surface area contributed by atoms with Crippen LogP contribution in [-0.2, 0) is 6.54 Å². The van der Waals surface area contributed by atoms with Crippen LogP contribution in [0.5, 0.6) is 5.19 Å². The smallest absolute Gasteiger partial charge is 0.317 e. The number of benzene rings is 1. The van der Waals surface area contributed by atoms with Crippen molar-refractivity contribution in [1.82, 2.24) is 15.2 Å². The van der Waals surface area contributed by atoms with Gasteiger partial charge < -0.3 is 15.0 Å². The van der Waals surface area contributed by atoms with E-state index >= 15 is 0 Å². The van der Waals surface area contributed by atoms with E-state index in [0.717, 1.165) is 27.9 Å². The number of aromatic nitrogens is 1. The molecule has 1 saturated heterocycles. The van der Waals surface area contributed by atoms with E-state index in [1.165, 1.54) is 11.3 Å². The molecular weight excluding hydrogens is 390 g/mol. The van der Waals surface area contributed by atoms with Gasteiger partial charge in [0, 0.05) is 30.8 Å². The number of carbonyl (C=O) groups is 1. The first kappa shape index (κ1) is 17.6. The van der Waals surface area contributed by atoms with E-state index in [1.54, 1.807) is 11.3 Å². The largest absolute Gasteiger partial charge is 0.467 e. The van der Waals surface area contributed by atoms with Gasteiger partial charge in [-0.3, -0.25) is 0 Å². The average Bonchev–Trinajstić information content (AvgIpc) is 3.30. The molecule has 0 atom stereocenters. The third-order valence-electron chi connectivity index (χ3n) is 4.34. The molecule has 0 saturated carbocycles. The fourth-order valence-corrected chi connectivity index (χ4v) is 4.78. The number of halogens is 1. The molecule has 0 spiro atoms. The van der Waals surface area contributed by atoms with Crippen LogP contribution in [0.15, 0.2) is 35.7 Å². The molecule has 26 heavy (non-hydrogen) atoms. The molecule has 1 aliphatic rings. The summed E-state index contributed by atoms with van der Waals surface area (Å²) < 4.78 is 7.06. The Labute approximate surface area is 164 Å². The molecule has 1 fully saturated rings. The third-order valence-corrected chi connectivity index (χ3v) is 6.43. The maximum absolute atomic E-state index is 12.3. The monoisotopic (exact) mass is 407 g/mol. The molecular formula is C18H18ClN3O2S2. The summed E-state index contributed by atoms with van der Waals surface area (Å²) in [5, 5.41) is 6.28. The number of likely N-dealkylation sites (tertiary alicyclic amines) is 1. The fraction of sp³-hybridized carbons (Fsp3) is 0.333. The van der Waals surface area contributed by atoms with Crippen molar-refractivity contribution in [3.63, 3.8) is 0 Å². The number of hydrogen-bond donors (Lipinski definition) is 1. The van der Waals surface area contributed by atoms with Gasteiger partial charge in [-0.25, -0.2) is 9.78 Å². The average molecular weight is 408 g/mol. The number of piperidine rings is 1. The number of thiazole rings is 1. The Morgan fingerprint density at radius 1 is 1.31 bits per heavy atom. The van der Waals surface area contributed by atoms with Gasteiger partial charge in [-0.15, -0.1) is 11.3 Å². The van der Waals surface area contributed by atoms with E-state index in [4.69, 9.17) is 16.3 Å². The Hall–Kier alpha value is -1.83. The van der Waals surface area contributed by atoms with Gasteiger partial charge in [0.2, 0.25) is 0 Å². The number of hydrogen-bond acceptors (Lipinski definition) is 5. The second kappa shape index (κ2) is 7.82. The lowest BCUT2D eigenvalue weighted by Crippen LogP contribution is -2.46. The van der Waals surface area contributed by atoms with E-state index in [9.17, 15) is 4.79 Å². The highest BCUT2D eigenvalue weighted by molar-refractivity contribution is 7.20. The Kier molecular flexibility index (Phi) is 5.28. The Bertz CT molecular complexity index is 889. The first-order valence-electron chi connectivity index (χ1n) is 8.46. The van der Waals surface area contributed by atoms with Crippen LogP contribution in [0.4, 0.5) is 4.79 Å². The van der Waals surface area contributed by atoms with E-state index in [0.29, 0.717) is 29.9 Å². The molecule has 0 aliphatic carbocycles. The summed E-state index contributed by atoms with van der Waals surface area (Å²) in [6.07, 6.45) is 1.68. The van der Waals surface area contributed by atoms with Crippen LogP contribution in [-0.4, -0.2) is 35.1 Å². The van der Waals surface area contributed by atoms with Crippen molar-refractivity contribution in [3.8, 4) is 5.19 Å². The van der Waals surface area contributed by atoms with Crippen LogP contribution in [0.25, 0.3) is 10.2 Å². The van der Waals surface area contributed by atoms with Gasteiger partial charge in [-0.2, -0.15) is 0 Å². The predicted octanol–water partition coefficient (Wildman–Crippen LogP) is 4.76. The second-order valence-corrected chi connectivity index (χ2v) is 8.54. The number of nitrogens with zero attached hydrogens (tertiary/aromatic N) is 2. The van der Waals surface area contributed by atoms with Crippen LogP contribution in [0.2, 0.25) is 5.02 Å². The van der Waals surface area contributed by atoms with Crippen molar-refractivity contribution >= 4 is 50.5 Å². The molecule has 2 amide bonds. The first-order chi connectivity index (χ1) is 12.7. The van der Waals surface area contributed by atoms with Crippen molar-refractivity contribution in [3.05, 3.63) is 45.6 Å². The number of fused-ring (bicyclic) bond motifs is 1. The SMILES string of the molecule is O=C(NCc1cccs1)N1CCC(Oc2nc3c(Cl)cccc3s2)CC1. The van der Waals surface area contributed by atoms with Crippen molar-refractivity contribution in [2.75, 3.05) is 13.1 Å². The minimum absolute atomic E-state index is 0.0105. The minimum Gasteiger partial charge on any atom is -0.467 e. The lowest BCUT2D eigenvalue weighted by atomic mass is 10.1. The maximum Gasteiger partial charge on any atom is 0.317 e. The number of carbonyl (C=O) groups excluding carboxylic acids is 1. The Morgan fingerprint density at radius 3 is 2.88 bits per heavy atom. The summed E-state index contributed by atoms with van der Waals surface area (Å²) in [7, 11) is 0. The molecule has 136 valence electrons. The first-order valence-corrected chi connectivity index (χ1v) is 10.5. The molecule has 0 unspecified atom stereocenters. The standard InChI is InChI=1S/C18H18ClN3O2S2/c19-14-4-1-5-15-16(14)21-18(26-15)24-12-6-8-22(9-7-12)17(23)20-11-13-3-2-10-25-13/h1-5,10,12H,6-9,11H2,(H,20,23). The van der Waals surface area contributed by atoms with Crippen molar-refractivity contribution < 1.29 is 9.53 Å².